The van der Waals surface area contributed by atoms with E-state index in [-0.39, 0.29) is 0 Å². The van der Waals surface area contributed by atoms with Crippen LogP contribution < -0.4 is 5.73 Å². The van der Waals surface area contributed by atoms with E-state index in [1.54, 1.807) is 0 Å². The molecule has 2 rings (SSSR count). The van der Waals surface area contributed by atoms with Gasteiger partial charge in [0.2, 0.25) is 0 Å². The summed E-state index contributed by atoms with van der Waals surface area (Å²) in [5, 5.41) is 0. The van der Waals surface area contributed by atoms with Crippen LogP contribution in [0.5, 0.6) is 0 Å². The lowest BCUT2D eigenvalue weighted by Crippen LogP contribution is -2.51. The molecule has 2 N–H and O–H groups in total. The van der Waals surface area contributed by atoms with Crippen LogP contribution in [0.4, 0.5) is 0 Å². The molecule has 0 radical (unpaired) electrons. The van der Waals surface area contributed by atoms with Gasteiger partial charge < -0.3 is 10.6 Å². The predicted molar refractivity (Wildman–Crippen MR) is 95.1 cm³/mol. The minimum Gasteiger partial charge on any atom is -0.326 e. The first kappa shape index (κ1) is 17.5. The highest BCUT2D eigenvalue weighted by atomic mass is 15.3. The molecule has 1 aliphatic rings. The van der Waals surface area contributed by atoms with Crippen LogP contribution in [0.25, 0.3) is 0 Å². The van der Waals surface area contributed by atoms with Crippen molar-refractivity contribution in [2.45, 2.75) is 39.2 Å². The molecule has 2 atom stereocenters. The Morgan fingerprint density at radius 2 is 1.68 bits per heavy atom. The number of hydrogen-bond donors (Lipinski definition) is 1. The third-order valence-corrected chi connectivity index (χ3v) is 5.09. The van der Waals surface area contributed by atoms with E-state index in [1.807, 2.05) is 0 Å². The topological polar surface area (TPSA) is 32.5 Å². The summed E-state index contributed by atoms with van der Waals surface area (Å²) in [5.41, 5.74) is 7.74. The quantitative estimate of drug-likeness (QED) is 0.801. The first-order valence-electron chi connectivity index (χ1n) is 8.93. The maximum Gasteiger partial charge on any atom is 0.0193 e. The van der Waals surface area contributed by atoms with Crippen LogP contribution in [-0.2, 0) is 6.42 Å². The van der Waals surface area contributed by atoms with Crippen LogP contribution in [0.15, 0.2) is 30.3 Å². The Bertz CT molecular complexity index is 398. The molecule has 1 unspecified atom stereocenters. The molecule has 0 aliphatic carbocycles. The number of rotatable bonds is 8. The molecule has 3 heteroatoms. The molecule has 1 heterocycles. The van der Waals surface area contributed by atoms with Crippen molar-refractivity contribution in [3.63, 3.8) is 0 Å². The number of aryl methyl sites for hydroxylation is 1. The van der Waals surface area contributed by atoms with Gasteiger partial charge in [0.1, 0.15) is 0 Å². The summed E-state index contributed by atoms with van der Waals surface area (Å²) in [6.45, 7) is 11.5. The maximum atomic E-state index is 6.28. The Morgan fingerprint density at radius 3 is 2.32 bits per heavy atom. The fraction of sp³-hybridized carbons (Fsp3) is 0.684. The van der Waals surface area contributed by atoms with Crippen LogP contribution >= 0.6 is 0 Å². The van der Waals surface area contributed by atoms with Crippen molar-refractivity contribution in [1.29, 1.82) is 0 Å². The molecule has 1 saturated heterocycles. The Labute approximate surface area is 136 Å². The average molecular weight is 303 g/mol. The zero-order valence-electron chi connectivity index (χ0n) is 14.4. The molecular weight excluding hydrogens is 270 g/mol. The van der Waals surface area contributed by atoms with Gasteiger partial charge in [-0.05, 0) is 30.9 Å². The molecule has 1 fully saturated rings. The fourth-order valence-electron chi connectivity index (χ4n) is 3.13. The van der Waals surface area contributed by atoms with Gasteiger partial charge in [-0.25, -0.2) is 0 Å². The van der Waals surface area contributed by atoms with Gasteiger partial charge in [0.05, 0.1) is 0 Å². The molecular formula is C19H33N3. The second kappa shape index (κ2) is 9.29. The van der Waals surface area contributed by atoms with Crippen LogP contribution in [-0.4, -0.2) is 55.1 Å². The van der Waals surface area contributed by atoms with E-state index in [1.165, 1.54) is 57.5 Å². The SMILES string of the molecule is CCC(C)[C@H](N)CN1CCN(CCCc2ccccc2)CC1. The molecule has 0 spiro atoms. The molecule has 1 aromatic carbocycles. The molecule has 3 nitrogen and oxygen atoms in total. The van der Waals surface area contributed by atoms with Gasteiger partial charge in [0, 0.05) is 38.8 Å². The second-order valence-corrected chi connectivity index (χ2v) is 6.78. The zero-order valence-corrected chi connectivity index (χ0v) is 14.4. The summed E-state index contributed by atoms with van der Waals surface area (Å²) in [7, 11) is 0. The number of nitrogens with zero attached hydrogens (tertiary/aromatic N) is 2. The first-order valence-corrected chi connectivity index (χ1v) is 8.93. The Morgan fingerprint density at radius 1 is 1.05 bits per heavy atom. The smallest absolute Gasteiger partial charge is 0.0193 e. The summed E-state index contributed by atoms with van der Waals surface area (Å²) < 4.78 is 0. The number of benzene rings is 1. The van der Waals surface area contributed by atoms with Crippen molar-refractivity contribution in [3.8, 4) is 0 Å². The fourth-order valence-corrected chi connectivity index (χ4v) is 3.13. The largest absolute Gasteiger partial charge is 0.326 e. The molecule has 1 aromatic rings. The van der Waals surface area contributed by atoms with Gasteiger partial charge in [-0.3, -0.25) is 4.90 Å². The molecule has 1 aliphatic heterocycles. The molecule has 0 amide bonds. The van der Waals surface area contributed by atoms with E-state index in [4.69, 9.17) is 5.73 Å². The van der Waals surface area contributed by atoms with Crippen molar-refractivity contribution in [2.24, 2.45) is 11.7 Å². The number of piperazine rings is 1. The predicted octanol–water partition coefficient (Wildman–Crippen LogP) is 2.61. The summed E-state index contributed by atoms with van der Waals surface area (Å²) in [4.78, 5) is 5.15. The third-order valence-electron chi connectivity index (χ3n) is 5.09. The van der Waals surface area contributed by atoms with E-state index < -0.39 is 0 Å². The van der Waals surface area contributed by atoms with E-state index in [2.05, 4.69) is 54.0 Å². The van der Waals surface area contributed by atoms with Gasteiger partial charge in [0.25, 0.3) is 0 Å². The molecule has 124 valence electrons. The van der Waals surface area contributed by atoms with Crippen LogP contribution in [0, 0.1) is 5.92 Å². The van der Waals surface area contributed by atoms with E-state index >= 15 is 0 Å². The minimum atomic E-state index is 0.328. The standard InChI is InChI=1S/C19H33N3/c1-3-17(2)19(20)16-22-14-12-21(13-15-22)11-7-10-18-8-5-4-6-9-18/h4-6,8-9,17,19H,3,7,10-16,20H2,1-2H3/t17?,19-/m1/s1. The van der Waals surface area contributed by atoms with Crippen molar-refractivity contribution in [2.75, 3.05) is 39.3 Å². The molecule has 0 bridgehead atoms. The summed E-state index contributed by atoms with van der Waals surface area (Å²) in [6.07, 6.45) is 3.64. The van der Waals surface area contributed by atoms with E-state index in [9.17, 15) is 0 Å². The highest BCUT2D eigenvalue weighted by Crippen LogP contribution is 2.10. The highest BCUT2D eigenvalue weighted by molar-refractivity contribution is 5.14. The van der Waals surface area contributed by atoms with Crippen LogP contribution in [0.2, 0.25) is 0 Å². The molecule has 0 aromatic heterocycles. The second-order valence-electron chi connectivity index (χ2n) is 6.78. The van der Waals surface area contributed by atoms with Crippen molar-refractivity contribution in [3.05, 3.63) is 35.9 Å². The molecule has 0 saturated carbocycles. The molecule has 22 heavy (non-hydrogen) atoms. The summed E-state index contributed by atoms with van der Waals surface area (Å²) in [6, 6.07) is 11.1. The van der Waals surface area contributed by atoms with Crippen LogP contribution in [0.1, 0.15) is 32.3 Å². The van der Waals surface area contributed by atoms with E-state index in [0.717, 1.165) is 6.54 Å². The summed E-state index contributed by atoms with van der Waals surface area (Å²) >= 11 is 0. The number of hydrogen-bond acceptors (Lipinski definition) is 3. The van der Waals surface area contributed by atoms with Crippen molar-refractivity contribution >= 4 is 0 Å². The monoisotopic (exact) mass is 303 g/mol. The van der Waals surface area contributed by atoms with Crippen molar-refractivity contribution in [1.82, 2.24) is 9.80 Å². The summed E-state index contributed by atoms with van der Waals surface area (Å²) in [5.74, 6) is 0.629. The Balaban J connectivity index is 1.61. The van der Waals surface area contributed by atoms with Gasteiger partial charge in [0.15, 0.2) is 0 Å². The zero-order chi connectivity index (χ0) is 15.8. The maximum absolute atomic E-state index is 6.28. The Kier molecular flexibility index (Phi) is 7.37. The average Bonchev–Trinajstić information content (AvgIpc) is 2.56. The van der Waals surface area contributed by atoms with Gasteiger partial charge in [-0.1, -0.05) is 50.6 Å². The lowest BCUT2D eigenvalue weighted by Gasteiger charge is -2.36. The normalized spacial score (nSPS) is 20.0. The minimum absolute atomic E-state index is 0.328. The number of nitrogens with two attached hydrogens (primary N) is 1. The van der Waals surface area contributed by atoms with Crippen LogP contribution in [0.3, 0.4) is 0 Å². The Hall–Kier alpha value is -0.900. The first-order chi connectivity index (χ1) is 10.7. The van der Waals surface area contributed by atoms with Gasteiger partial charge in [-0.15, -0.1) is 0 Å². The lowest BCUT2D eigenvalue weighted by atomic mass is 9.99. The third kappa shape index (κ3) is 5.71. The lowest BCUT2D eigenvalue weighted by molar-refractivity contribution is 0.120. The van der Waals surface area contributed by atoms with Gasteiger partial charge in [-0.2, -0.15) is 0 Å². The van der Waals surface area contributed by atoms with Gasteiger partial charge >= 0.3 is 0 Å². The van der Waals surface area contributed by atoms with Crippen molar-refractivity contribution < 1.29 is 0 Å². The highest BCUT2D eigenvalue weighted by Gasteiger charge is 2.20. The van der Waals surface area contributed by atoms with E-state index in [0.29, 0.717) is 12.0 Å².